The zero-order chi connectivity index (χ0) is 45.4. The molecule has 3 heterocycles. The number of aromatic nitrogens is 2. The van der Waals surface area contributed by atoms with Crippen LogP contribution in [0.5, 0.6) is 0 Å². The third-order valence-corrected chi connectivity index (χ3v) is 11.0. The van der Waals surface area contributed by atoms with Crippen LogP contribution in [0.4, 0.5) is 9.59 Å². The Labute approximate surface area is 365 Å². The minimum atomic E-state index is -1.34. The summed E-state index contributed by atoms with van der Waals surface area (Å²) in [6, 6.07) is 24.3. The second kappa shape index (κ2) is 19.9. The zero-order valence-electron chi connectivity index (χ0n) is 37.1. The average molecular weight is 850 g/mol. The van der Waals surface area contributed by atoms with Gasteiger partial charge in [-0.2, -0.15) is 0 Å². The molecule has 1 fully saturated rings. The van der Waals surface area contributed by atoms with Crippen molar-refractivity contribution in [2.75, 3.05) is 13.1 Å². The van der Waals surface area contributed by atoms with E-state index in [0.717, 1.165) is 22.4 Å². The molecule has 332 valence electrons. The fourth-order valence-electron chi connectivity index (χ4n) is 7.87. The topological polar surface area (TPSA) is 197 Å². The van der Waals surface area contributed by atoms with Crippen molar-refractivity contribution in [2.45, 2.75) is 117 Å². The maximum absolute atomic E-state index is 14.6. The Hall–Kier alpha value is -5.86. The number of hydrogen-bond acceptors (Lipinski definition) is 8. The number of nitrogens with one attached hydrogen (secondary N) is 3. The van der Waals surface area contributed by atoms with E-state index >= 15 is 0 Å². The Kier molecular flexibility index (Phi) is 15.1. The number of carboxylic acid groups (broad SMARTS) is 1. The summed E-state index contributed by atoms with van der Waals surface area (Å²) in [6.07, 6.45) is -0.272. The quantitative estimate of drug-likeness (QED) is 0.0748. The van der Waals surface area contributed by atoms with Crippen molar-refractivity contribution in [3.63, 3.8) is 0 Å². The van der Waals surface area contributed by atoms with E-state index in [4.69, 9.17) is 0 Å². The lowest BCUT2D eigenvalue weighted by Crippen LogP contribution is -2.59. The largest absolute Gasteiger partial charge is 0.465 e. The molecule has 1 aliphatic heterocycles. The molecule has 0 spiro atoms. The molecule has 1 saturated heterocycles. The number of amides is 5. The van der Waals surface area contributed by atoms with Gasteiger partial charge in [0.1, 0.15) is 17.7 Å². The molecule has 14 nitrogen and oxygen atoms in total. The average Bonchev–Trinajstić information content (AvgIpc) is 3.54. The first-order valence-electron chi connectivity index (χ1n) is 21.2. The number of benzene rings is 2. The van der Waals surface area contributed by atoms with Crippen LogP contribution in [0.2, 0.25) is 0 Å². The van der Waals surface area contributed by atoms with Crippen LogP contribution in [-0.4, -0.2) is 102 Å². The molecule has 2 aromatic carbocycles. The zero-order valence-corrected chi connectivity index (χ0v) is 37.1. The highest BCUT2D eigenvalue weighted by Crippen LogP contribution is 2.30. The van der Waals surface area contributed by atoms with Gasteiger partial charge in [-0.3, -0.25) is 19.6 Å². The van der Waals surface area contributed by atoms with Crippen LogP contribution in [0.3, 0.4) is 0 Å². The van der Waals surface area contributed by atoms with Crippen molar-refractivity contribution in [3.8, 4) is 11.3 Å². The second-order valence-electron chi connectivity index (χ2n) is 18.9. The first-order chi connectivity index (χ1) is 29.1. The van der Waals surface area contributed by atoms with Gasteiger partial charge < -0.3 is 41.1 Å². The Bertz CT molecular complexity index is 2130. The fourth-order valence-corrected chi connectivity index (χ4v) is 7.87. The molecule has 1 aliphatic rings. The Morgan fingerprint density at radius 3 is 2.00 bits per heavy atom. The molecule has 4 aromatic rings. The van der Waals surface area contributed by atoms with Crippen molar-refractivity contribution < 1.29 is 34.5 Å². The van der Waals surface area contributed by atoms with Gasteiger partial charge in [0, 0.05) is 30.9 Å². The minimum Gasteiger partial charge on any atom is -0.465 e. The van der Waals surface area contributed by atoms with E-state index in [1.165, 1.54) is 0 Å². The standard InChI is InChI=1S/C48H63N7O7/c1-46(2,3)40(53-44(59)60)42(57)51-35(27-32-20-22-33(23-21-32)36-18-12-13-24-49-36)29-38(56)37(28-31-15-10-9-11-16-31)52-43(58)41(47(4,5)6)55-26-25-54(45(55)61)30-34-17-14-19-39(50-34)48(7,8)62/h9-24,35,37-38,40-41,53,56,62H,25-30H2,1-8H3,(H,51,57)(H,52,58)(H,59,60)/t35-,37-,38-,40+,41+/m0/s1. The first-order valence-corrected chi connectivity index (χ1v) is 21.2. The lowest BCUT2D eigenvalue weighted by molar-refractivity contribution is -0.131. The molecule has 0 bridgehead atoms. The number of hydrogen-bond donors (Lipinski definition) is 6. The number of aliphatic hydroxyl groups excluding tert-OH is 1. The molecule has 14 heteroatoms. The van der Waals surface area contributed by atoms with Gasteiger partial charge in [-0.15, -0.1) is 0 Å². The highest BCUT2D eigenvalue weighted by Gasteiger charge is 2.44. The summed E-state index contributed by atoms with van der Waals surface area (Å²) >= 11 is 0. The number of carbonyl (C=O) groups excluding carboxylic acids is 3. The van der Waals surface area contributed by atoms with Crippen molar-refractivity contribution in [1.82, 2.24) is 35.7 Å². The lowest BCUT2D eigenvalue weighted by Gasteiger charge is -2.38. The second-order valence-corrected chi connectivity index (χ2v) is 18.9. The molecular weight excluding hydrogens is 787 g/mol. The molecule has 0 radical (unpaired) electrons. The number of aliphatic hydroxyl groups is 2. The fraction of sp³-hybridized carbons (Fsp3) is 0.458. The Morgan fingerprint density at radius 2 is 1.40 bits per heavy atom. The summed E-state index contributed by atoms with van der Waals surface area (Å²) in [4.78, 5) is 66.7. The molecule has 5 amide bonds. The number of carbonyl (C=O) groups is 4. The van der Waals surface area contributed by atoms with Crippen molar-refractivity contribution in [2.24, 2.45) is 10.8 Å². The maximum Gasteiger partial charge on any atom is 0.405 e. The van der Waals surface area contributed by atoms with Gasteiger partial charge in [0.05, 0.1) is 35.8 Å². The number of rotatable bonds is 17. The van der Waals surface area contributed by atoms with Gasteiger partial charge >= 0.3 is 12.1 Å². The van der Waals surface area contributed by atoms with Gasteiger partial charge in [0.25, 0.3) is 0 Å². The molecule has 62 heavy (non-hydrogen) atoms. The smallest absolute Gasteiger partial charge is 0.405 e. The van der Waals surface area contributed by atoms with Crippen molar-refractivity contribution in [1.29, 1.82) is 0 Å². The maximum atomic E-state index is 14.6. The molecule has 0 aliphatic carbocycles. The van der Waals surface area contributed by atoms with Crippen LogP contribution in [0, 0.1) is 10.8 Å². The van der Waals surface area contributed by atoms with Gasteiger partial charge in [-0.25, -0.2) is 9.59 Å². The third-order valence-electron chi connectivity index (χ3n) is 11.0. The van der Waals surface area contributed by atoms with Crippen LogP contribution in [0.25, 0.3) is 11.3 Å². The predicted octanol–water partition coefficient (Wildman–Crippen LogP) is 5.91. The number of nitrogens with zero attached hydrogens (tertiary/aromatic N) is 4. The van der Waals surface area contributed by atoms with Crippen LogP contribution in [0.1, 0.15) is 84.3 Å². The van der Waals surface area contributed by atoms with E-state index in [0.29, 0.717) is 17.9 Å². The minimum absolute atomic E-state index is 0.00274. The van der Waals surface area contributed by atoms with Crippen LogP contribution in [0.15, 0.2) is 97.2 Å². The summed E-state index contributed by atoms with van der Waals surface area (Å²) in [5, 5.41) is 40.9. The van der Waals surface area contributed by atoms with Gasteiger partial charge in [-0.1, -0.05) is 108 Å². The number of pyridine rings is 2. The summed E-state index contributed by atoms with van der Waals surface area (Å²) in [5.74, 6) is -0.975. The van der Waals surface area contributed by atoms with E-state index in [-0.39, 0.29) is 38.4 Å². The molecule has 6 N–H and O–H groups in total. The third kappa shape index (κ3) is 12.8. The van der Waals surface area contributed by atoms with Gasteiger partial charge in [-0.05, 0) is 79.3 Å². The summed E-state index contributed by atoms with van der Waals surface area (Å²) in [5.41, 5.74) is 1.88. The SMILES string of the molecule is CC(C)(O)c1cccc(CN2CCN([C@H](C(=O)N[C@@H](Cc3ccccc3)[C@@H](O)C[C@H](Cc3ccc(-c4ccccn4)cc3)NC(=O)[C@@H](NC(=O)O)C(C)(C)C)C(C)(C)C)C2=O)n1. The van der Waals surface area contributed by atoms with Crippen LogP contribution in [-0.2, 0) is 34.6 Å². The Morgan fingerprint density at radius 1 is 0.742 bits per heavy atom. The highest BCUT2D eigenvalue weighted by atomic mass is 16.4. The predicted molar refractivity (Wildman–Crippen MR) is 238 cm³/mol. The van der Waals surface area contributed by atoms with Crippen molar-refractivity contribution >= 4 is 23.9 Å². The molecular formula is C48H63N7O7. The lowest BCUT2D eigenvalue weighted by atomic mass is 9.84. The molecule has 2 aromatic heterocycles. The summed E-state index contributed by atoms with van der Waals surface area (Å²) < 4.78 is 0. The van der Waals surface area contributed by atoms with Crippen molar-refractivity contribution in [3.05, 3.63) is 120 Å². The molecule has 0 saturated carbocycles. The van der Waals surface area contributed by atoms with Gasteiger partial charge in [0.15, 0.2) is 0 Å². The van der Waals surface area contributed by atoms with E-state index in [9.17, 15) is 34.5 Å². The van der Waals surface area contributed by atoms with E-state index in [1.54, 1.807) is 68.8 Å². The highest BCUT2D eigenvalue weighted by molar-refractivity contribution is 5.89. The van der Waals surface area contributed by atoms with Crippen LogP contribution < -0.4 is 16.0 Å². The Balaban J connectivity index is 1.41. The summed E-state index contributed by atoms with van der Waals surface area (Å²) in [7, 11) is 0. The van der Waals surface area contributed by atoms with E-state index < -0.39 is 64.6 Å². The normalized spacial score (nSPS) is 15.9. The van der Waals surface area contributed by atoms with Gasteiger partial charge in [0.2, 0.25) is 11.8 Å². The van der Waals surface area contributed by atoms with E-state index in [1.807, 2.05) is 93.6 Å². The summed E-state index contributed by atoms with van der Waals surface area (Å²) in [6.45, 7) is 15.1. The molecule has 5 atom stereocenters. The number of urea groups is 1. The monoisotopic (exact) mass is 849 g/mol. The van der Waals surface area contributed by atoms with Crippen LogP contribution >= 0.6 is 0 Å². The molecule has 5 rings (SSSR count). The first kappa shape index (κ1) is 47.2. The molecule has 0 unspecified atom stereocenters. The van der Waals surface area contributed by atoms with E-state index in [2.05, 4.69) is 25.9 Å².